The van der Waals surface area contributed by atoms with Gasteiger partial charge in [0.25, 0.3) is 0 Å². The molecular weight excluding hydrogens is 184 g/mol. The van der Waals surface area contributed by atoms with Crippen LogP contribution in [0.3, 0.4) is 0 Å². The highest BCUT2D eigenvalue weighted by Gasteiger charge is 2.16. The molecule has 1 aliphatic rings. The van der Waals surface area contributed by atoms with Crippen molar-refractivity contribution in [2.24, 2.45) is 5.92 Å². The van der Waals surface area contributed by atoms with Crippen LogP contribution in [0.1, 0.15) is 46.5 Å². The summed E-state index contributed by atoms with van der Waals surface area (Å²) in [5.41, 5.74) is 0. The number of nitrogens with one attached hydrogen (secondary N) is 1. The summed E-state index contributed by atoms with van der Waals surface area (Å²) in [6, 6.07) is 0.747. The van der Waals surface area contributed by atoms with E-state index in [0.717, 1.165) is 12.0 Å². The lowest BCUT2D eigenvalue weighted by molar-refractivity contribution is 0.195. The summed E-state index contributed by atoms with van der Waals surface area (Å²) < 4.78 is 0. The Bertz CT molecular complexity index is 159. The maximum absolute atomic E-state index is 3.67. The third-order valence-electron chi connectivity index (χ3n) is 3.44. The van der Waals surface area contributed by atoms with Crippen LogP contribution in [-0.2, 0) is 0 Å². The van der Waals surface area contributed by atoms with Crippen molar-refractivity contribution < 1.29 is 0 Å². The van der Waals surface area contributed by atoms with Gasteiger partial charge in [-0.15, -0.1) is 0 Å². The topological polar surface area (TPSA) is 15.3 Å². The van der Waals surface area contributed by atoms with Crippen molar-refractivity contribution in [3.8, 4) is 0 Å². The van der Waals surface area contributed by atoms with Crippen molar-refractivity contribution in [2.45, 2.75) is 52.5 Å². The SMILES string of the molecule is CCCCN1CCC(CC)NCC(C)C1. The van der Waals surface area contributed by atoms with E-state index in [1.54, 1.807) is 0 Å². The maximum Gasteiger partial charge on any atom is 0.00767 e. The molecule has 1 fully saturated rings. The molecule has 0 aromatic rings. The monoisotopic (exact) mass is 212 g/mol. The van der Waals surface area contributed by atoms with Crippen LogP contribution in [0.25, 0.3) is 0 Å². The minimum absolute atomic E-state index is 0.747. The molecule has 0 radical (unpaired) electrons. The van der Waals surface area contributed by atoms with Gasteiger partial charge in [0.2, 0.25) is 0 Å². The summed E-state index contributed by atoms with van der Waals surface area (Å²) in [4.78, 5) is 2.66. The largest absolute Gasteiger partial charge is 0.314 e. The first kappa shape index (κ1) is 13.0. The summed E-state index contributed by atoms with van der Waals surface area (Å²) in [5.74, 6) is 0.802. The minimum atomic E-state index is 0.747. The highest BCUT2D eigenvalue weighted by molar-refractivity contribution is 4.75. The molecule has 0 spiro atoms. The van der Waals surface area contributed by atoms with Crippen LogP contribution in [0.2, 0.25) is 0 Å². The number of nitrogens with zero attached hydrogens (tertiary/aromatic N) is 1. The predicted octanol–water partition coefficient (Wildman–Crippen LogP) is 2.50. The highest BCUT2D eigenvalue weighted by Crippen LogP contribution is 2.09. The number of hydrogen-bond acceptors (Lipinski definition) is 2. The number of rotatable bonds is 4. The lowest BCUT2D eigenvalue weighted by atomic mass is 10.0. The van der Waals surface area contributed by atoms with Crippen LogP contribution in [0.4, 0.5) is 0 Å². The zero-order chi connectivity index (χ0) is 11.1. The second-order valence-electron chi connectivity index (χ2n) is 5.06. The molecule has 15 heavy (non-hydrogen) atoms. The second kappa shape index (κ2) is 7.24. The van der Waals surface area contributed by atoms with Crippen molar-refractivity contribution in [2.75, 3.05) is 26.2 Å². The molecule has 90 valence electrons. The Kier molecular flexibility index (Phi) is 6.26. The van der Waals surface area contributed by atoms with Crippen LogP contribution in [0.5, 0.6) is 0 Å². The Hall–Kier alpha value is -0.0800. The molecule has 2 heteroatoms. The fourth-order valence-electron chi connectivity index (χ4n) is 2.34. The molecule has 0 amide bonds. The average molecular weight is 212 g/mol. The standard InChI is InChI=1S/C13H28N2/c1-4-6-8-15-9-7-13(5-2)14-10-12(3)11-15/h12-14H,4-11H2,1-3H3. The fourth-order valence-corrected chi connectivity index (χ4v) is 2.34. The van der Waals surface area contributed by atoms with Crippen molar-refractivity contribution in [3.05, 3.63) is 0 Å². The highest BCUT2D eigenvalue weighted by atomic mass is 15.1. The Morgan fingerprint density at radius 2 is 2.13 bits per heavy atom. The van der Waals surface area contributed by atoms with E-state index in [-0.39, 0.29) is 0 Å². The average Bonchev–Trinajstić information content (AvgIpc) is 2.22. The number of unbranched alkanes of at least 4 members (excludes halogenated alkanes) is 1. The predicted molar refractivity (Wildman–Crippen MR) is 67.2 cm³/mol. The molecule has 1 N–H and O–H groups in total. The van der Waals surface area contributed by atoms with Gasteiger partial charge in [0.1, 0.15) is 0 Å². The first-order chi connectivity index (χ1) is 7.26. The van der Waals surface area contributed by atoms with E-state index in [9.17, 15) is 0 Å². The van der Waals surface area contributed by atoms with Gasteiger partial charge in [0, 0.05) is 12.6 Å². The Morgan fingerprint density at radius 3 is 2.80 bits per heavy atom. The van der Waals surface area contributed by atoms with Crippen LogP contribution in [-0.4, -0.2) is 37.1 Å². The maximum atomic E-state index is 3.67. The van der Waals surface area contributed by atoms with Gasteiger partial charge in [-0.1, -0.05) is 27.2 Å². The lowest BCUT2D eigenvalue weighted by Gasteiger charge is -2.32. The smallest absolute Gasteiger partial charge is 0.00767 e. The zero-order valence-electron chi connectivity index (χ0n) is 10.8. The van der Waals surface area contributed by atoms with Crippen molar-refractivity contribution in [3.63, 3.8) is 0 Å². The van der Waals surface area contributed by atoms with Gasteiger partial charge in [-0.05, 0) is 44.8 Å². The normalized spacial score (nSPS) is 29.8. The van der Waals surface area contributed by atoms with Gasteiger partial charge in [-0.2, -0.15) is 0 Å². The van der Waals surface area contributed by atoms with E-state index in [1.165, 1.54) is 51.9 Å². The van der Waals surface area contributed by atoms with Crippen LogP contribution < -0.4 is 5.32 Å². The van der Waals surface area contributed by atoms with E-state index in [1.807, 2.05) is 0 Å². The van der Waals surface area contributed by atoms with Gasteiger partial charge in [0.05, 0.1) is 0 Å². The molecule has 1 aliphatic heterocycles. The number of hydrogen-bond donors (Lipinski definition) is 1. The second-order valence-corrected chi connectivity index (χ2v) is 5.06. The van der Waals surface area contributed by atoms with Crippen molar-refractivity contribution in [1.29, 1.82) is 0 Å². The third-order valence-corrected chi connectivity index (χ3v) is 3.44. The molecule has 1 heterocycles. The van der Waals surface area contributed by atoms with Crippen molar-refractivity contribution in [1.82, 2.24) is 10.2 Å². The van der Waals surface area contributed by atoms with E-state index >= 15 is 0 Å². The fraction of sp³-hybridized carbons (Fsp3) is 1.00. The Balaban J connectivity index is 2.36. The molecule has 2 nitrogen and oxygen atoms in total. The molecule has 0 saturated carbocycles. The molecule has 0 aromatic heterocycles. The molecule has 0 bridgehead atoms. The summed E-state index contributed by atoms with van der Waals surface area (Å²) in [7, 11) is 0. The van der Waals surface area contributed by atoms with Gasteiger partial charge in [0.15, 0.2) is 0 Å². The van der Waals surface area contributed by atoms with Crippen molar-refractivity contribution >= 4 is 0 Å². The van der Waals surface area contributed by atoms with E-state index in [4.69, 9.17) is 0 Å². The Morgan fingerprint density at radius 1 is 1.33 bits per heavy atom. The van der Waals surface area contributed by atoms with E-state index in [0.29, 0.717) is 0 Å². The minimum Gasteiger partial charge on any atom is -0.314 e. The molecule has 0 aliphatic carbocycles. The molecule has 2 atom stereocenters. The van der Waals surface area contributed by atoms with Gasteiger partial charge < -0.3 is 10.2 Å². The van der Waals surface area contributed by atoms with E-state index in [2.05, 4.69) is 31.0 Å². The van der Waals surface area contributed by atoms with Crippen LogP contribution >= 0.6 is 0 Å². The van der Waals surface area contributed by atoms with Gasteiger partial charge in [-0.25, -0.2) is 0 Å². The van der Waals surface area contributed by atoms with E-state index < -0.39 is 0 Å². The zero-order valence-corrected chi connectivity index (χ0v) is 10.8. The lowest BCUT2D eigenvalue weighted by Crippen LogP contribution is -2.43. The van der Waals surface area contributed by atoms with Gasteiger partial charge in [-0.3, -0.25) is 0 Å². The third kappa shape index (κ3) is 4.98. The quantitative estimate of drug-likeness (QED) is 0.770. The summed E-state index contributed by atoms with van der Waals surface area (Å²) in [6.45, 7) is 12.0. The van der Waals surface area contributed by atoms with Crippen LogP contribution in [0.15, 0.2) is 0 Å². The summed E-state index contributed by atoms with van der Waals surface area (Å²) >= 11 is 0. The Labute approximate surface area is 95.4 Å². The molecule has 2 unspecified atom stereocenters. The van der Waals surface area contributed by atoms with Crippen LogP contribution in [0, 0.1) is 5.92 Å². The summed E-state index contributed by atoms with van der Waals surface area (Å²) in [6.07, 6.45) is 5.28. The molecular formula is C13H28N2. The first-order valence-corrected chi connectivity index (χ1v) is 6.72. The molecule has 1 rings (SSSR count). The first-order valence-electron chi connectivity index (χ1n) is 6.72. The van der Waals surface area contributed by atoms with Gasteiger partial charge >= 0.3 is 0 Å². The molecule has 1 saturated heterocycles. The molecule has 0 aromatic carbocycles. The summed E-state index contributed by atoms with van der Waals surface area (Å²) in [5, 5.41) is 3.67.